The van der Waals surface area contributed by atoms with Crippen molar-refractivity contribution in [1.29, 1.82) is 0 Å². The van der Waals surface area contributed by atoms with E-state index < -0.39 is 36.3 Å². The van der Waals surface area contributed by atoms with Crippen molar-refractivity contribution in [1.82, 2.24) is 8.61 Å². The normalized spacial score (nSPS) is 20.8. The average Bonchev–Trinajstić information content (AvgIpc) is 2.83. The molecular weight excluding hydrogens is 667 g/mol. The SMILES string of the molecule is CS(=O)(=O)N1CCC(Oc2cc(F)cc(Br)c2)CC1.CS(=O)(=O)OC1CCN(S(C)(=O)=O)CC1.OC1CCCCC1. The van der Waals surface area contributed by atoms with Gasteiger partial charge in [0.05, 0.1) is 31.0 Å². The molecule has 0 aromatic heterocycles. The lowest BCUT2D eigenvalue weighted by molar-refractivity contribution is 0.130. The third kappa shape index (κ3) is 14.9. The van der Waals surface area contributed by atoms with Gasteiger partial charge < -0.3 is 9.84 Å². The van der Waals surface area contributed by atoms with Gasteiger partial charge in [-0.15, -0.1) is 0 Å². The smallest absolute Gasteiger partial charge is 0.264 e. The summed E-state index contributed by atoms with van der Waals surface area (Å²) in [5, 5.41) is 8.91. The van der Waals surface area contributed by atoms with Crippen LogP contribution in [0, 0.1) is 5.82 Å². The van der Waals surface area contributed by atoms with Crippen LogP contribution < -0.4 is 4.74 Å². The number of benzene rings is 1. The van der Waals surface area contributed by atoms with Gasteiger partial charge in [0.15, 0.2) is 0 Å². The predicted octanol–water partition coefficient (Wildman–Crippen LogP) is 3.09. The molecule has 238 valence electrons. The summed E-state index contributed by atoms with van der Waals surface area (Å²) < 4.78 is 93.7. The first-order valence-electron chi connectivity index (χ1n) is 13.5. The molecule has 1 aliphatic carbocycles. The largest absolute Gasteiger partial charge is 0.490 e. The number of halogens is 2. The second-order valence-corrected chi connectivity index (χ2v) is 17.0. The van der Waals surface area contributed by atoms with E-state index in [0.29, 0.717) is 62.1 Å². The summed E-state index contributed by atoms with van der Waals surface area (Å²) in [5.41, 5.74) is 0. The zero-order valence-electron chi connectivity index (χ0n) is 23.7. The Morgan fingerprint density at radius 2 is 1.22 bits per heavy atom. The molecule has 0 radical (unpaired) electrons. The van der Waals surface area contributed by atoms with E-state index in [-0.39, 0.29) is 18.0 Å². The van der Waals surface area contributed by atoms with Crippen LogP contribution in [-0.2, 0) is 34.3 Å². The number of hydrogen-bond acceptors (Lipinski definition) is 9. The van der Waals surface area contributed by atoms with Crippen LogP contribution in [-0.4, -0.2) is 102 Å². The molecule has 0 amide bonds. The Labute approximate surface area is 252 Å². The molecule has 0 bridgehead atoms. The van der Waals surface area contributed by atoms with E-state index >= 15 is 0 Å². The molecule has 3 aliphatic rings. The number of nitrogens with zero attached hydrogens (tertiary/aromatic N) is 2. The second kappa shape index (κ2) is 16.3. The molecule has 1 N–H and O–H groups in total. The minimum atomic E-state index is -3.44. The topological polar surface area (TPSA) is 148 Å². The highest BCUT2D eigenvalue weighted by atomic mass is 79.9. The molecule has 4 rings (SSSR count). The Hall–Kier alpha value is -0.880. The summed E-state index contributed by atoms with van der Waals surface area (Å²) in [4.78, 5) is 0. The Morgan fingerprint density at radius 1 is 0.756 bits per heavy atom. The number of sulfonamides is 2. The van der Waals surface area contributed by atoms with E-state index in [9.17, 15) is 29.6 Å². The maximum absolute atomic E-state index is 13.2. The van der Waals surface area contributed by atoms with Gasteiger partial charge in [0, 0.05) is 36.7 Å². The number of hydrogen-bond donors (Lipinski definition) is 1. The molecule has 2 heterocycles. The van der Waals surface area contributed by atoms with Crippen molar-refractivity contribution in [3.8, 4) is 5.75 Å². The van der Waals surface area contributed by atoms with Gasteiger partial charge in [-0.2, -0.15) is 8.42 Å². The van der Waals surface area contributed by atoms with Crippen LogP contribution in [0.4, 0.5) is 4.39 Å². The van der Waals surface area contributed by atoms with Gasteiger partial charge in [0.25, 0.3) is 10.1 Å². The highest BCUT2D eigenvalue weighted by Crippen LogP contribution is 2.25. The number of piperidine rings is 2. The minimum absolute atomic E-state index is 0.0359. The third-order valence-corrected chi connectivity index (χ3v) is 10.5. The molecule has 1 saturated carbocycles. The van der Waals surface area contributed by atoms with Crippen molar-refractivity contribution in [2.45, 2.75) is 76.1 Å². The van der Waals surface area contributed by atoms with Crippen LogP contribution in [0.1, 0.15) is 57.8 Å². The summed E-state index contributed by atoms with van der Waals surface area (Å²) >= 11 is 3.21. The van der Waals surface area contributed by atoms with Crippen LogP contribution in [0.3, 0.4) is 0 Å². The first-order valence-corrected chi connectivity index (χ1v) is 19.8. The standard InChI is InChI=1S/C12H15BrFNO3S.C7H15NO5S2.C6H12O/c1-19(16,17)15-4-2-11(3-5-15)18-12-7-9(13)6-10(14)8-12;1-14(9,10)8-5-3-7(4-6-8)13-15(2,11)12;7-6-4-2-1-3-5-6/h6-8,11H,2-5H2,1H3;7H,3-6H2,1-2H3;6-7H,1-5H2. The maximum atomic E-state index is 13.2. The summed E-state index contributed by atoms with van der Waals surface area (Å²) in [6, 6.07) is 4.39. The van der Waals surface area contributed by atoms with Crippen LogP contribution in [0.5, 0.6) is 5.75 Å². The fourth-order valence-corrected chi connectivity index (χ4v) is 7.54. The van der Waals surface area contributed by atoms with E-state index in [1.807, 2.05) is 0 Å². The van der Waals surface area contributed by atoms with Crippen LogP contribution in [0.25, 0.3) is 0 Å². The van der Waals surface area contributed by atoms with Gasteiger partial charge in [-0.25, -0.2) is 29.8 Å². The Balaban J connectivity index is 0.000000237. The molecule has 2 aliphatic heterocycles. The summed E-state index contributed by atoms with van der Waals surface area (Å²) in [5.74, 6) is 0.0997. The molecule has 0 spiro atoms. The molecule has 1 aromatic carbocycles. The first kappa shape index (κ1) is 36.3. The average molecular weight is 710 g/mol. The molecule has 11 nitrogen and oxygen atoms in total. The van der Waals surface area contributed by atoms with E-state index in [1.165, 1.54) is 46.3 Å². The van der Waals surface area contributed by atoms with E-state index in [1.54, 1.807) is 6.07 Å². The molecule has 0 unspecified atom stereocenters. The highest BCUT2D eigenvalue weighted by molar-refractivity contribution is 9.10. The van der Waals surface area contributed by atoms with E-state index in [4.69, 9.17) is 14.0 Å². The Bertz CT molecular complexity index is 1250. The fourth-order valence-electron chi connectivity index (χ4n) is 4.66. The van der Waals surface area contributed by atoms with Gasteiger partial charge in [-0.1, -0.05) is 35.2 Å². The Morgan fingerprint density at radius 3 is 1.59 bits per heavy atom. The molecule has 0 atom stereocenters. The zero-order chi connectivity index (χ0) is 30.8. The van der Waals surface area contributed by atoms with Gasteiger partial charge in [0.2, 0.25) is 20.0 Å². The monoisotopic (exact) mass is 708 g/mol. The number of aliphatic hydroxyl groups is 1. The molecule has 1 aromatic rings. The molecular formula is C25H42BrFN2O9S3. The van der Waals surface area contributed by atoms with E-state index in [2.05, 4.69) is 15.9 Å². The third-order valence-electron chi connectivity index (χ3n) is 6.76. The molecule has 2 saturated heterocycles. The van der Waals surface area contributed by atoms with Crippen LogP contribution in [0.2, 0.25) is 0 Å². The maximum Gasteiger partial charge on any atom is 0.264 e. The number of rotatable bonds is 6. The Kier molecular flexibility index (Phi) is 14.4. The summed E-state index contributed by atoms with van der Waals surface area (Å²) in [6.45, 7) is 1.53. The van der Waals surface area contributed by atoms with Crippen molar-refractivity contribution in [2.24, 2.45) is 0 Å². The van der Waals surface area contributed by atoms with Gasteiger partial charge in [0.1, 0.15) is 17.7 Å². The van der Waals surface area contributed by atoms with Crippen molar-refractivity contribution in [3.05, 3.63) is 28.5 Å². The summed E-state index contributed by atoms with van der Waals surface area (Å²) in [6.07, 6.45) is 10.9. The van der Waals surface area contributed by atoms with E-state index in [0.717, 1.165) is 25.4 Å². The van der Waals surface area contributed by atoms with Crippen molar-refractivity contribution >= 4 is 46.1 Å². The lowest BCUT2D eigenvalue weighted by Gasteiger charge is -2.30. The van der Waals surface area contributed by atoms with Crippen molar-refractivity contribution in [2.75, 3.05) is 44.9 Å². The van der Waals surface area contributed by atoms with Gasteiger partial charge >= 0.3 is 0 Å². The lowest BCUT2D eigenvalue weighted by Crippen LogP contribution is -2.41. The van der Waals surface area contributed by atoms with Gasteiger partial charge in [-0.3, -0.25) is 4.18 Å². The van der Waals surface area contributed by atoms with Crippen LogP contribution >= 0.6 is 15.9 Å². The first-order chi connectivity index (χ1) is 18.9. The molecule has 16 heteroatoms. The number of ether oxygens (including phenoxy) is 1. The zero-order valence-corrected chi connectivity index (χ0v) is 27.8. The quantitative estimate of drug-likeness (QED) is 0.441. The van der Waals surface area contributed by atoms with Crippen LogP contribution in [0.15, 0.2) is 22.7 Å². The molecule has 3 fully saturated rings. The van der Waals surface area contributed by atoms with Gasteiger partial charge in [-0.05, 0) is 50.7 Å². The number of aliphatic hydroxyl groups excluding tert-OH is 1. The second-order valence-electron chi connectivity index (χ2n) is 10.5. The molecule has 41 heavy (non-hydrogen) atoms. The van der Waals surface area contributed by atoms with Crippen molar-refractivity contribution < 1.29 is 43.7 Å². The fraction of sp³-hybridized carbons (Fsp3) is 0.760. The van der Waals surface area contributed by atoms with Crippen molar-refractivity contribution in [3.63, 3.8) is 0 Å². The predicted molar refractivity (Wildman–Crippen MR) is 159 cm³/mol. The highest BCUT2D eigenvalue weighted by Gasteiger charge is 2.27. The lowest BCUT2D eigenvalue weighted by atomic mass is 9.98. The summed E-state index contributed by atoms with van der Waals surface area (Å²) in [7, 11) is -9.73. The minimum Gasteiger partial charge on any atom is -0.490 e.